The molecule has 0 fully saturated rings. The first-order valence-corrected chi connectivity index (χ1v) is 13.0. The standard InChI is InChI=1S/C23H38N2O6S/c1-7-13-25(32(27,28)9-3)21-17-23(5,6)30-22-12-11-19(16-20(21)22)31-24(18(4)26)14-10-15-29-8-2/h11-12,16,21H,7-10,13-15,17H2,1-6H3. The molecular formula is C23H38N2O6S. The lowest BCUT2D eigenvalue weighted by molar-refractivity contribution is -0.155. The summed E-state index contributed by atoms with van der Waals surface area (Å²) in [5, 5.41) is 1.30. The van der Waals surface area contributed by atoms with E-state index in [1.807, 2.05) is 27.7 Å². The van der Waals surface area contributed by atoms with Gasteiger partial charge >= 0.3 is 0 Å². The predicted molar refractivity (Wildman–Crippen MR) is 124 cm³/mol. The molecule has 1 aliphatic rings. The number of carbonyl (C=O) groups excluding carboxylic acids is 1. The average molecular weight is 471 g/mol. The molecule has 182 valence electrons. The van der Waals surface area contributed by atoms with Crippen molar-refractivity contribution in [3.05, 3.63) is 23.8 Å². The Morgan fingerprint density at radius 3 is 2.53 bits per heavy atom. The summed E-state index contributed by atoms with van der Waals surface area (Å²) < 4.78 is 38.9. The quantitative estimate of drug-likeness (QED) is 0.340. The van der Waals surface area contributed by atoms with Crippen LogP contribution in [0.5, 0.6) is 11.5 Å². The summed E-state index contributed by atoms with van der Waals surface area (Å²) in [7, 11) is -3.42. The molecule has 1 amide bonds. The molecule has 0 saturated carbocycles. The maximum absolute atomic E-state index is 12.9. The van der Waals surface area contributed by atoms with Gasteiger partial charge in [-0.15, -0.1) is 0 Å². The first-order valence-electron chi connectivity index (χ1n) is 11.4. The van der Waals surface area contributed by atoms with Crippen molar-refractivity contribution in [3.63, 3.8) is 0 Å². The van der Waals surface area contributed by atoms with Crippen LogP contribution in [0.2, 0.25) is 0 Å². The molecule has 0 aliphatic carbocycles. The Morgan fingerprint density at radius 1 is 1.22 bits per heavy atom. The van der Waals surface area contributed by atoms with Crippen LogP contribution in [-0.4, -0.2) is 61.4 Å². The summed E-state index contributed by atoms with van der Waals surface area (Å²) in [5.74, 6) is 0.925. The maximum atomic E-state index is 12.9. The largest absolute Gasteiger partial charge is 0.487 e. The zero-order chi connectivity index (χ0) is 23.9. The van der Waals surface area contributed by atoms with Crippen molar-refractivity contribution >= 4 is 15.9 Å². The van der Waals surface area contributed by atoms with Crippen LogP contribution in [0.1, 0.15) is 72.4 Å². The van der Waals surface area contributed by atoms with Crippen molar-refractivity contribution in [2.75, 3.05) is 32.1 Å². The normalized spacial score (nSPS) is 17.5. The monoisotopic (exact) mass is 470 g/mol. The molecule has 0 saturated heterocycles. The predicted octanol–water partition coefficient (Wildman–Crippen LogP) is 3.92. The topological polar surface area (TPSA) is 85.4 Å². The highest BCUT2D eigenvalue weighted by Crippen LogP contribution is 2.45. The molecule has 0 bridgehead atoms. The van der Waals surface area contributed by atoms with Crippen LogP contribution in [0.15, 0.2) is 18.2 Å². The number of fused-ring (bicyclic) bond motifs is 1. The molecule has 0 radical (unpaired) electrons. The number of ether oxygens (including phenoxy) is 2. The molecule has 0 aromatic heterocycles. The van der Waals surface area contributed by atoms with Crippen molar-refractivity contribution in [1.29, 1.82) is 0 Å². The number of carbonyl (C=O) groups is 1. The number of benzene rings is 1. The molecule has 1 atom stereocenters. The van der Waals surface area contributed by atoms with Crippen molar-refractivity contribution in [2.45, 2.75) is 72.4 Å². The third-order valence-corrected chi connectivity index (χ3v) is 7.23. The van der Waals surface area contributed by atoms with Gasteiger partial charge in [0.15, 0.2) is 5.75 Å². The van der Waals surface area contributed by atoms with Crippen LogP contribution in [0.3, 0.4) is 0 Å². The second-order valence-corrected chi connectivity index (χ2v) is 10.8. The zero-order valence-corrected chi connectivity index (χ0v) is 21.0. The Labute approximate surface area is 192 Å². The zero-order valence-electron chi connectivity index (χ0n) is 20.2. The third-order valence-electron chi connectivity index (χ3n) is 5.35. The second-order valence-electron chi connectivity index (χ2n) is 8.56. The van der Waals surface area contributed by atoms with Gasteiger partial charge in [-0.1, -0.05) is 6.92 Å². The Bertz CT molecular complexity index is 871. The van der Waals surface area contributed by atoms with Crippen molar-refractivity contribution in [2.24, 2.45) is 0 Å². The van der Waals surface area contributed by atoms with E-state index in [0.29, 0.717) is 57.1 Å². The van der Waals surface area contributed by atoms with E-state index in [-0.39, 0.29) is 17.7 Å². The van der Waals surface area contributed by atoms with Crippen LogP contribution in [-0.2, 0) is 19.6 Å². The maximum Gasteiger partial charge on any atom is 0.252 e. The van der Waals surface area contributed by atoms with E-state index < -0.39 is 15.6 Å². The molecule has 9 heteroatoms. The first-order chi connectivity index (χ1) is 15.0. The SMILES string of the molecule is CCCN(C1CC(C)(C)Oc2ccc(ON(CCCOCC)C(C)=O)cc21)S(=O)(=O)CC. The van der Waals surface area contributed by atoms with Gasteiger partial charge in [-0.2, -0.15) is 9.37 Å². The minimum Gasteiger partial charge on any atom is -0.487 e. The lowest BCUT2D eigenvalue weighted by atomic mass is 9.89. The lowest BCUT2D eigenvalue weighted by Crippen LogP contribution is -2.44. The lowest BCUT2D eigenvalue weighted by Gasteiger charge is -2.42. The van der Waals surface area contributed by atoms with E-state index in [0.717, 1.165) is 5.56 Å². The van der Waals surface area contributed by atoms with Crippen molar-refractivity contribution < 1.29 is 27.5 Å². The molecule has 1 aromatic rings. The number of rotatable bonds is 12. The highest BCUT2D eigenvalue weighted by Gasteiger charge is 2.40. The third kappa shape index (κ3) is 6.83. The number of nitrogens with zero attached hydrogens (tertiary/aromatic N) is 2. The summed E-state index contributed by atoms with van der Waals surface area (Å²) in [4.78, 5) is 17.9. The fraction of sp³-hybridized carbons (Fsp3) is 0.696. The van der Waals surface area contributed by atoms with Gasteiger partial charge < -0.3 is 14.3 Å². The first kappa shape index (κ1) is 26.4. The number of hydrogen-bond donors (Lipinski definition) is 0. The highest BCUT2D eigenvalue weighted by molar-refractivity contribution is 7.89. The van der Waals surface area contributed by atoms with E-state index in [9.17, 15) is 13.2 Å². The molecule has 32 heavy (non-hydrogen) atoms. The molecule has 0 spiro atoms. The molecule has 0 N–H and O–H groups in total. The van der Waals surface area contributed by atoms with Crippen molar-refractivity contribution in [1.82, 2.24) is 9.37 Å². The van der Waals surface area contributed by atoms with Crippen LogP contribution in [0.4, 0.5) is 0 Å². The summed E-state index contributed by atoms with van der Waals surface area (Å²) in [6.45, 7) is 12.9. The van der Waals surface area contributed by atoms with E-state index in [1.54, 1.807) is 29.4 Å². The van der Waals surface area contributed by atoms with Gasteiger partial charge in [0.1, 0.15) is 11.4 Å². The Morgan fingerprint density at radius 2 is 1.94 bits per heavy atom. The highest BCUT2D eigenvalue weighted by atomic mass is 32.2. The Hall–Kier alpha value is -1.84. The molecular weight excluding hydrogens is 432 g/mol. The van der Waals surface area contributed by atoms with Crippen LogP contribution in [0, 0.1) is 0 Å². The van der Waals surface area contributed by atoms with E-state index in [2.05, 4.69) is 0 Å². The molecule has 1 aromatic carbocycles. The average Bonchev–Trinajstić information content (AvgIpc) is 2.73. The van der Waals surface area contributed by atoms with Crippen LogP contribution in [0.25, 0.3) is 0 Å². The summed E-state index contributed by atoms with van der Waals surface area (Å²) in [6, 6.07) is 4.96. The summed E-state index contributed by atoms with van der Waals surface area (Å²) in [5.41, 5.74) is 0.241. The van der Waals surface area contributed by atoms with Crippen LogP contribution >= 0.6 is 0 Å². The van der Waals surface area contributed by atoms with Gasteiger partial charge in [0.2, 0.25) is 10.0 Å². The Kier molecular flexibility index (Phi) is 9.36. The van der Waals surface area contributed by atoms with Crippen LogP contribution < -0.4 is 9.57 Å². The van der Waals surface area contributed by atoms with Gasteiger partial charge in [0, 0.05) is 38.7 Å². The van der Waals surface area contributed by atoms with E-state index >= 15 is 0 Å². The second kappa shape index (κ2) is 11.3. The number of hydrogen-bond acceptors (Lipinski definition) is 6. The molecule has 2 rings (SSSR count). The number of sulfonamides is 1. The van der Waals surface area contributed by atoms with E-state index in [4.69, 9.17) is 14.3 Å². The van der Waals surface area contributed by atoms with Gasteiger partial charge in [-0.25, -0.2) is 8.42 Å². The van der Waals surface area contributed by atoms with E-state index in [1.165, 1.54) is 12.0 Å². The molecule has 1 heterocycles. The summed E-state index contributed by atoms with van der Waals surface area (Å²) in [6.07, 6.45) is 1.88. The van der Waals surface area contributed by atoms with Crippen molar-refractivity contribution in [3.8, 4) is 11.5 Å². The fourth-order valence-electron chi connectivity index (χ4n) is 3.83. The number of amides is 1. The molecule has 8 nitrogen and oxygen atoms in total. The minimum absolute atomic E-state index is 0.0360. The minimum atomic E-state index is -3.42. The summed E-state index contributed by atoms with van der Waals surface area (Å²) >= 11 is 0. The fourth-order valence-corrected chi connectivity index (χ4v) is 5.20. The Balaban J connectivity index is 2.37. The van der Waals surface area contributed by atoms with Gasteiger partial charge in [-0.3, -0.25) is 4.79 Å². The van der Waals surface area contributed by atoms with Gasteiger partial charge in [0.05, 0.1) is 18.3 Å². The molecule has 1 unspecified atom stereocenters. The van der Waals surface area contributed by atoms with Gasteiger partial charge in [0.25, 0.3) is 5.91 Å². The number of hydroxylamine groups is 2. The van der Waals surface area contributed by atoms with Gasteiger partial charge in [-0.05, 0) is 58.7 Å². The molecule has 1 aliphatic heterocycles. The smallest absolute Gasteiger partial charge is 0.252 e.